The molecule has 1 unspecified atom stereocenters. The lowest BCUT2D eigenvalue weighted by molar-refractivity contribution is 0.350. The van der Waals surface area contributed by atoms with Crippen molar-refractivity contribution in [2.75, 3.05) is 6.61 Å². The van der Waals surface area contributed by atoms with E-state index in [0.717, 1.165) is 39.8 Å². The monoisotopic (exact) mass is 294 g/mol. The zero-order chi connectivity index (χ0) is 13.4. The van der Waals surface area contributed by atoms with E-state index in [4.69, 9.17) is 22.2 Å². The molecule has 5 heteroatoms. The van der Waals surface area contributed by atoms with Gasteiger partial charge in [0.05, 0.1) is 17.7 Å². The highest BCUT2D eigenvalue weighted by molar-refractivity contribution is 7.10. The molecule has 1 aliphatic heterocycles. The van der Waals surface area contributed by atoms with Crippen molar-refractivity contribution in [1.29, 1.82) is 0 Å². The number of nitrogens with two attached hydrogens (primary N) is 1. The lowest BCUT2D eigenvalue weighted by atomic mass is 10.0. The summed E-state index contributed by atoms with van der Waals surface area (Å²) < 4.78 is 5.75. The molecule has 3 rings (SSSR count). The van der Waals surface area contributed by atoms with Crippen LogP contribution in [0.3, 0.4) is 0 Å². The summed E-state index contributed by atoms with van der Waals surface area (Å²) in [7, 11) is 0. The Morgan fingerprint density at radius 1 is 1.47 bits per heavy atom. The number of ether oxygens (including phenoxy) is 1. The molecule has 1 aromatic carbocycles. The van der Waals surface area contributed by atoms with Crippen LogP contribution in [0.25, 0.3) is 0 Å². The predicted octanol–water partition coefficient (Wildman–Crippen LogP) is 3.20. The fraction of sp³-hybridized carbons (Fsp3) is 0.286. The highest BCUT2D eigenvalue weighted by Gasteiger charge is 2.25. The number of rotatable bonds is 3. The zero-order valence-corrected chi connectivity index (χ0v) is 12.1. The molecule has 0 radical (unpaired) electrons. The first-order chi connectivity index (χ1) is 9.22. The van der Waals surface area contributed by atoms with Gasteiger partial charge in [-0.05, 0) is 23.4 Å². The summed E-state index contributed by atoms with van der Waals surface area (Å²) in [4.78, 5) is 1.03. The van der Waals surface area contributed by atoms with Gasteiger partial charge in [-0.15, -0.1) is 11.3 Å². The van der Waals surface area contributed by atoms with Crippen molar-refractivity contribution in [3.8, 4) is 5.75 Å². The van der Waals surface area contributed by atoms with Crippen molar-refractivity contribution in [3.05, 3.63) is 50.2 Å². The highest BCUT2D eigenvalue weighted by atomic mass is 35.5. The Kier molecular flexibility index (Phi) is 3.50. The molecule has 19 heavy (non-hydrogen) atoms. The Bertz CT molecular complexity index is 611. The number of aryl methyl sites for hydroxylation is 1. The van der Waals surface area contributed by atoms with Gasteiger partial charge in [-0.1, -0.05) is 29.8 Å². The van der Waals surface area contributed by atoms with Crippen LogP contribution in [0, 0.1) is 6.92 Å². The summed E-state index contributed by atoms with van der Waals surface area (Å²) in [6.45, 7) is 2.74. The van der Waals surface area contributed by atoms with Gasteiger partial charge in [-0.2, -0.15) is 0 Å². The van der Waals surface area contributed by atoms with E-state index in [-0.39, 0.29) is 6.04 Å². The van der Waals surface area contributed by atoms with Crippen molar-refractivity contribution in [1.82, 2.24) is 5.43 Å². The molecule has 2 aromatic rings. The van der Waals surface area contributed by atoms with Crippen LogP contribution in [-0.2, 0) is 6.42 Å². The summed E-state index contributed by atoms with van der Waals surface area (Å²) in [6.07, 6.45) is 0.956. The molecule has 1 aliphatic rings. The van der Waals surface area contributed by atoms with Crippen LogP contribution in [0.5, 0.6) is 5.75 Å². The van der Waals surface area contributed by atoms with Gasteiger partial charge >= 0.3 is 0 Å². The lowest BCUT2D eigenvalue weighted by Gasteiger charge is -2.18. The average molecular weight is 295 g/mol. The molecular weight excluding hydrogens is 280 g/mol. The molecule has 2 heterocycles. The molecule has 0 aliphatic carbocycles. The highest BCUT2D eigenvalue weighted by Crippen LogP contribution is 2.40. The van der Waals surface area contributed by atoms with Gasteiger partial charge in [0.2, 0.25) is 0 Å². The zero-order valence-electron chi connectivity index (χ0n) is 10.6. The summed E-state index contributed by atoms with van der Waals surface area (Å²) in [5, 5.41) is 2.83. The molecule has 0 amide bonds. The molecule has 3 nitrogen and oxygen atoms in total. The Balaban J connectivity index is 2.09. The molecule has 1 aromatic heterocycles. The second-order valence-corrected chi connectivity index (χ2v) is 5.92. The van der Waals surface area contributed by atoms with Crippen molar-refractivity contribution in [2.45, 2.75) is 19.4 Å². The minimum atomic E-state index is -0.126. The summed E-state index contributed by atoms with van der Waals surface area (Å²) in [5.41, 5.74) is 6.24. The van der Waals surface area contributed by atoms with E-state index in [1.807, 2.05) is 24.4 Å². The lowest BCUT2D eigenvalue weighted by Crippen LogP contribution is -2.28. The number of fused-ring (bicyclic) bond motifs is 1. The molecular formula is C14H15ClN2OS. The van der Waals surface area contributed by atoms with Gasteiger partial charge in [0.25, 0.3) is 0 Å². The maximum absolute atomic E-state index is 6.36. The largest absolute Gasteiger partial charge is 0.493 e. The second kappa shape index (κ2) is 5.13. The minimum Gasteiger partial charge on any atom is -0.493 e. The maximum Gasteiger partial charge on any atom is 0.127 e. The Morgan fingerprint density at radius 2 is 2.32 bits per heavy atom. The molecule has 0 spiro atoms. The number of benzene rings is 1. The Morgan fingerprint density at radius 3 is 3.00 bits per heavy atom. The molecule has 1 atom stereocenters. The molecule has 0 bridgehead atoms. The van der Waals surface area contributed by atoms with E-state index in [1.54, 1.807) is 11.3 Å². The van der Waals surface area contributed by atoms with Crippen LogP contribution >= 0.6 is 22.9 Å². The SMILES string of the molecule is Cc1csc(C(NN)c2cccc3c2OCC3)c1Cl. The van der Waals surface area contributed by atoms with Crippen LogP contribution in [-0.4, -0.2) is 6.61 Å². The van der Waals surface area contributed by atoms with Crippen molar-refractivity contribution in [2.24, 2.45) is 5.84 Å². The molecule has 0 saturated carbocycles. The van der Waals surface area contributed by atoms with Gasteiger partial charge in [0, 0.05) is 16.9 Å². The topological polar surface area (TPSA) is 47.3 Å². The predicted molar refractivity (Wildman–Crippen MR) is 78.9 cm³/mol. The van der Waals surface area contributed by atoms with Gasteiger partial charge in [0.15, 0.2) is 0 Å². The van der Waals surface area contributed by atoms with E-state index in [0.29, 0.717) is 0 Å². The number of para-hydroxylation sites is 1. The number of thiophene rings is 1. The first-order valence-corrected chi connectivity index (χ1v) is 7.42. The summed E-state index contributed by atoms with van der Waals surface area (Å²) in [6, 6.07) is 6.06. The fourth-order valence-electron chi connectivity index (χ4n) is 2.42. The van der Waals surface area contributed by atoms with Gasteiger partial charge < -0.3 is 4.74 Å². The summed E-state index contributed by atoms with van der Waals surface area (Å²) >= 11 is 7.98. The minimum absolute atomic E-state index is 0.126. The number of hydrogen-bond donors (Lipinski definition) is 2. The molecule has 0 saturated heterocycles. The van der Waals surface area contributed by atoms with Crippen LogP contribution in [0.15, 0.2) is 23.6 Å². The molecule has 0 fully saturated rings. The van der Waals surface area contributed by atoms with Gasteiger partial charge in [0.1, 0.15) is 5.75 Å². The van der Waals surface area contributed by atoms with E-state index >= 15 is 0 Å². The van der Waals surface area contributed by atoms with Crippen molar-refractivity contribution < 1.29 is 4.74 Å². The van der Waals surface area contributed by atoms with Gasteiger partial charge in [-0.25, -0.2) is 5.43 Å². The second-order valence-electron chi connectivity index (χ2n) is 4.63. The van der Waals surface area contributed by atoms with E-state index in [9.17, 15) is 0 Å². The number of hydrogen-bond acceptors (Lipinski definition) is 4. The number of nitrogens with one attached hydrogen (secondary N) is 1. The standard InChI is InChI=1S/C14H15ClN2OS/c1-8-7-19-14(11(8)15)12(17-16)10-4-2-3-9-5-6-18-13(9)10/h2-4,7,12,17H,5-6,16H2,1H3. The smallest absolute Gasteiger partial charge is 0.127 e. The Labute approximate surface area is 121 Å². The normalized spacial score (nSPS) is 15.1. The fourth-order valence-corrected chi connectivity index (χ4v) is 3.80. The third-order valence-corrected chi connectivity index (χ3v) is 5.19. The number of hydrazine groups is 1. The Hall–Kier alpha value is -1.07. The van der Waals surface area contributed by atoms with Crippen LogP contribution in [0.2, 0.25) is 5.02 Å². The van der Waals surface area contributed by atoms with E-state index < -0.39 is 0 Å². The van der Waals surface area contributed by atoms with Crippen LogP contribution in [0.1, 0.15) is 27.6 Å². The third-order valence-electron chi connectivity index (χ3n) is 3.41. The first-order valence-electron chi connectivity index (χ1n) is 6.16. The number of halogens is 1. The average Bonchev–Trinajstić information content (AvgIpc) is 3.01. The van der Waals surface area contributed by atoms with Crippen LogP contribution < -0.4 is 16.0 Å². The van der Waals surface area contributed by atoms with Crippen LogP contribution in [0.4, 0.5) is 0 Å². The van der Waals surface area contributed by atoms with Gasteiger partial charge in [-0.3, -0.25) is 5.84 Å². The first kappa shape index (κ1) is 12.9. The maximum atomic E-state index is 6.36. The van der Waals surface area contributed by atoms with E-state index in [1.165, 1.54) is 5.56 Å². The van der Waals surface area contributed by atoms with Crippen molar-refractivity contribution >= 4 is 22.9 Å². The quantitative estimate of drug-likeness (QED) is 0.675. The molecule has 100 valence electrons. The molecule has 3 N–H and O–H groups in total. The van der Waals surface area contributed by atoms with E-state index in [2.05, 4.69) is 11.5 Å². The van der Waals surface area contributed by atoms with Crippen molar-refractivity contribution in [3.63, 3.8) is 0 Å². The summed E-state index contributed by atoms with van der Waals surface area (Å²) in [5.74, 6) is 6.70. The third kappa shape index (κ3) is 2.15.